The fourth-order valence-electron chi connectivity index (χ4n) is 2.50. The highest BCUT2D eigenvalue weighted by molar-refractivity contribution is 5.89. The van der Waals surface area contributed by atoms with Crippen molar-refractivity contribution in [3.63, 3.8) is 0 Å². The van der Waals surface area contributed by atoms with Gasteiger partial charge in [-0.3, -0.25) is 0 Å². The number of fused-ring (bicyclic) bond motifs is 1. The number of nitrogens with zero attached hydrogens (tertiary/aromatic N) is 2. The average Bonchev–Trinajstić information content (AvgIpc) is 2.60. The SMILES string of the molecule is C/C=C\C(=C/C)CCCCNc1ncnc2ccc(OC)cc12. The fourth-order valence-corrected chi connectivity index (χ4v) is 2.50. The van der Waals surface area contributed by atoms with E-state index in [1.165, 1.54) is 5.57 Å². The Morgan fingerprint density at radius 1 is 1.22 bits per heavy atom. The Kier molecular flexibility index (Phi) is 6.60. The predicted octanol–water partition coefficient (Wildman–Crippen LogP) is 4.74. The minimum atomic E-state index is 0.819. The Balaban J connectivity index is 1.92. The number of hydrogen-bond acceptors (Lipinski definition) is 4. The van der Waals surface area contributed by atoms with Crippen molar-refractivity contribution in [2.45, 2.75) is 33.1 Å². The summed E-state index contributed by atoms with van der Waals surface area (Å²) < 4.78 is 5.29. The fraction of sp³-hybridized carbons (Fsp3) is 0.368. The van der Waals surface area contributed by atoms with Gasteiger partial charge in [0.1, 0.15) is 17.9 Å². The molecule has 1 N–H and O–H groups in total. The quantitative estimate of drug-likeness (QED) is 0.565. The van der Waals surface area contributed by atoms with E-state index in [1.807, 2.05) is 18.2 Å². The van der Waals surface area contributed by atoms with Gasteiger partial charge in [-0.25, -0.2) is 9.97 Å². The molecule has 122 valence electrons. The highest BCUT2D eigenvalue weighted by Gasteiger charge is 2.04. The Hall–Kier alpha value is -2.36. The van der Waals surface area contributed by atoms with Crippen LogP contribution in [0.1, 0.15) is 33.1 Å². The average molecular weight is 311 g/mol. The Morgan fingerprint density at radius 3 is 2.83 bits per heavy atom. The van der Waals surface area contributed by atoms with Gasteiger partial charge < -0.3 is 10.1 Å². The van der Waals surface area contributed by atoms with Gasteiger partial charge in [0.15, 0.2) is 0 Å². The number of aromatic nitrogens is 2. The summed E-state index contributed by atoms with van der Waals surface area (Å²) in [5.41, 5.74) is 2.32. The lowest BCUT2D eigenvalue weighted by atomic mass is 10.1. The van der Waals surface area contributed by atoms with Crippen LogP contribution >= 0.6 is 0 Å². The van der Waals surface area contributed by atoms with Crippen LogP contribution in [0.25, 0.3) is 10.9 Å². The summed E-state index contributed by atoms with van der Waals surface area (Å²) in [6.07, 6.45) is 11.4. The van der Waals surface area contributed by atoms with Crippen molar-refractivity contribution in [2.24, 2.45) is 0 Å². The molecule has 0 bridgehead atoms. The first-order valence-corrected chi connectivity index (χ1v) is 8.09. The van der Waals surface area contributed by atoms with Crippen LogP contribution in [0, 0.1) is 0 Å². The van der Waals surface area contributed by atoms with E-state index in [0.717, 1.165) is 48.3 Å². The first kappa shape index (κ1) is 17.0. The molecular formula is C19H25N3O. The predicted molar refractivity (Wildman–Crippen MR) is 97.0 cm³/mol. The van der Waals surface area contributed by atoms with Crippen molar-refractivity contribution in [3.8, 4) is 5.75 Å². The zero-order chi connectivity index (χ0) is 16.5. The lowest BCUT2D eigenvalue weighted by molar-refractivity contribution is 0.415. The number of methoxy groups -OCH3 is 1. The van der Waals surface area contributed by atoms with Gasteiger partial charge >= 0.3 is 0 Å². The van der Waals surface area contributed by atoms with E-state index in [2.05, 4.69) is 47.4 Å². The molecule has 4 heteroatoms. The van der Waals surface area contributed by atoms with Crippen molar-refractivity contribution in [3.05, 3.63) is 48.3 Å². The monoisotopic (exact) mass is 311 g/mol. The van der Waals surface area contributed by atoms with Crippen molar-refractivity contribution in [2.75, 3.05) is 19.0 Å². The van der Waals surface area contributed by atoms with Crippen LogP contribution in [0.2, 0.25) is 0 Å². The van der Waals surface area contributed by atoms with Gasteiger partial charge in [0, 0.05) is 11.9 Å². The third-order valence-corrected chi connectivity index (χ3v) is 3.78. The summed E-state index contributed by atoms with van der Waals surface area (Å²) in [5, 5.41) is 4.41. The Bertz CT molecular complexity index is 692. The molecule has 2 rings (SSSR count). The molecule has 23 heavy (non-hydrogen) atoms. The standard InChI is InChI=1S/C19H25N3O/c1-4-8-15(5-2)9-6-7-12-20-19-17-13-16(23-3)10-11-18(17)21-14-22-19/h4-5,8,10-11,13-14H,6-7,9,12H2,1-3H3,(H,20,21,22)/b8-4-,15-5+. The van der Waals surface area contributed by atoms with E-state index >= 15 is 0 Å². The molecule has 0 fully saturated rings. The zero-order valence-corrected chi connectivity index (χ0v) is 14.2. The van der Waals surface area contributed by atoms with Crippen LogP contribution in [0.5, 0.6) is 5.75 Å². The molecule has 0 atom stereocenters. The molecule has 0 aliphatic rings. The van der Waals surface area contributed by atoms with Gasteiger partial charge in [0.2, 0.25) is 0 Å². The van der Waals surface area contributed by atoms with Crippen LogP contribution in [0.15, 0.2) is 48.3 Å². The summed E-state index contributed by atoms with van der Waals surface area (Å²) >= 11 is 0. The van der Waals surface area contributed by atoms with Crippen LogP contribution < -0.4 is 10.1 Å². The summed E-state index contributed by atoms with van der Waals surface area (Å²) in [6.45, 7) is 5.05. The number of rotatable bonds is 8. The lowest BCUT2D eigenvalue weighted by Gasteiger charge is -2.09. The third-order valence-electron chi connectivity index (χ3n) is 3.78. The van der Waals surface area contributed by atoms with Crippen molar-refractivity contribution in [1.29, 1.82) is 0 Å². The highest BCUT2D eigenvalue weighted by Crippen LogP contribution is 2.24. The summed E-state index contributed by atoms with van der Waals surface area (Å²) in [5.74, 6) is 1.69. The molecular weight excluding hydrogens is 286 g/mol. The second-order valence-corrected chi connectivity index (χ2v) is 5.35. The first-order valence-electron chi connectivity index (χ1n) is 8.09. The van der Waals surface area contributed by atoms with Gasteiger partial charge in [0.25, 0.3) is 0 Å². The van der Waals surface area contributed by atoms with Gasteiger partial charge in [-0.05, 0) is 51.3 Å². The lowest BCUT2D eigenvalue weighted by Crippen LogP contribution is -2.04. The molecule has 0 aliphatic heterocycles. The van der Waals surface area contributed by atoms with Crippen molar-refractivity contribution in [1.82, 2.24) is 9.97 Å². The van der Waals surface area contributed by atoms with E-state index < -0.39 is 0 Å². The van der Waals surface area contributed by atoms with Crippen LogP contribution in [-0.2, 0) is 0 Å². The van der Waals surface area contributed by atoms with E-state index in [1.54, 1.807) is 13.4 Å². The molecule has 0 unspecified atom stereocenters. The third kappa shape index (κ3) is 4.81. The normalized spacial score (nSPS) is 12.0. The van der Waals surface area contributed by atoms with Crippen LogP contribution in [0.3, 0.4) is 0 Å². The maximum absolute atomic E-state index is 5.29. The Labute approximate surface area is 138 Å². The number of ether oxygens (including phenoxy) is 1. The van der Waals surface area contributed by atoms with Gasteiger partial charge in [0.05, 0.1) is 12.6 Å². The second-order valence-electron chi connectivity index (χ2n) is 5.35. The van der Waals surface area contributed by atoms with Crippen LogP contribution in [-0.4, -0.2) is 23.6 Å². The largest absolute Gasteiger partial charge is 0.497 e. The molecule has 0 saturated carbocycles. The van der Waals surface area contributed by atoms with Gasteiger partial charge in [-0.1, -0.05) is 23.8 Å². The van der Waals surface area contributed by atoms with E-state index in [0.29, 0.717) is 0 Å². The zero-order valence-electron chi connectivity index (χ0n) is 14.2. The molecule has 1 heterocycles. The molecule has 0 saturated heterocycles. The molecule has 4 nitrogen and oxygen atoms in total. The number of nitrogens with one attached hydrogen (secondary N) is 1. The minimum absolute atomic E-state index is 0.819. The highest BCUT2D eigenvalue weighted by atomic mass is 16.5. The number of hydrogen-bond donors (Lipinski definition) is 1. The van der Waals surface area contributed by atoms with Crippen molar-refractivity contribution >= 4 is 16.7 Å². The molecule has 2 aromatic rings. The van der Waals surface area contributed by atoms with E-state index in [-0.39, 0.29) is 0 Å². The molecule has 0 amide bonds. The summed E-state index contributed by atoms with van der Waals surface area (Å²) in [4.78, 5) is 8.66. The molecule has 0 spiro atoms. The molecule has 1 aromatic carbocycles. The van der Waals surface area contributed by atoms with Crippen molar-refractivity contribution < 1.29 is 4.74 Å². The summed E-state index contributed by atoms with van der Waals surface area (Å²) in [6, 6.07) is 5.84. The topological polar surface area (TPSA) is 47.0 Å². The maximum Gasteiger partial charge on any atom is 0.137 e. The van der Waals surface area contributed by atoms with E-state index in [4.69, 9.17) is 4.74 Å². The number of benzene rings is 1. The minimum Gasteiger partial charge on any atom is -0.497 e. The maximum atomic E-state index is 5.29. The molecule has 0 aliphatic carbocycles. The number of anilines is 1. The van der Waals surface area contributed by atoms with Crippen LogP contribution in [0.4, 0.5) is 5.82 Å². The van der Waals surface area contributed by atoms with E-state index in [9.17, 15) is 0 Å². The second kappa shape index (κ2) is 8.93. The van der Waals surface area contributed by atoms with Gasteiger partial charge in [-0.15, -0.1) is 0 Å². The Morgan fingerprint density at radius 2 is 2.09 bits per heavy atom. The molecule has 0 radical (unpaired) electrons. The van der Waals surface area contributed by atoms with Gasteiger partial charge in [-0.2, -0.15) is 0 Å². The summed E-state index contributed by atoms with van der Waals surface area (Å²) in [7, 11) is 1.67. The number of unbranched alkanes of at least 4 members (excludes halogenated alkanes) is 1. The first-order chi connectivity index (χ1) is 11.3. The smallest absolute Gasteiger partial charge is 0.137 e. The molecule has 1 aromatic heterocycles. The number of allylic oxidation sites excluding steroid dienone is 4.